The molecule has 0 spiro atoms. The number of carbonyl (C=O) groups excluding carboxylic acids is 3. The summed E-state index contributed by atoms with van der Waals surface area (Å²) in [5, 5.41) is 24.2. The SMILES string of the molecule is COc1ccc(O)cc1CC1CNC(=O)CN(C(=O)NC(C(=O)O)c2ccccc2)C1=O. The molecule has 1 fully saturated rings. The molecule has 2 aromatic carbocycles. The fraction of sp³-hybridized carbons (Fsp3) is 0.273. The van der Waals surface area contributed by atoms with E-state index in [1.165, 1.54) is 31.4 Å². The van der Waals surface area contributed by atoms with Gasteiger partial charge in [0.1, 0.15) is 18.0 Å². The molecule has 0 aliphatic carbocycles. The second-order valence-electron chi connectivity index (χ2n) is 7.26. The van der Waals surface area contributed by atoms with Crippen LogP contribution in [0.1, 0.15) is 17.2 Å². The summed E-state index contributed by atoms with van der Waals surface area (Å²) < 4.78 is 5.26. The fourth-order valence-electron chi connectivity index (χ4n) is 3.48. The Hall–Kier alpha value is -4.08. The first-order valence-electron chi connectivity index (χ1n) is 9.82. The lowest BCUT2D eigenvalue weighted by Gasteiger charge is -2.24. The number of phenolic OH excluding ortho intramolecular Hbond substituents is 1. The van der Waals surface area contributed by atoms with Gasteiger partial charge in [-0.25, -0.2) is 9.59 Å². The molecule has 0 radical (unpaired) electrons. The first-order valence-corrected chi connectivity index (χ1v) is 9.82. The Bertz CT molecular complexity index is 1030. The molecule has 1 saturated heterocycles. The van der Waals surface area contributed by atoms with Crippen molar-refractivity contribution < 1.29 is 34.1 Å². The zero-order valence-corrected chi connectivity index (χ0v) is 17.3. The number of aromatic hydroxyl groups is 1. The molecule has 1 heterocycles. The molecule has 3 rings (SSSR count). The number of methoxy groups -OCH3 is 1. The third-order valence-electron chi connectivity index (χ3n) is 5.09. The highest BCUT2D eigenvalue weighted by atomic mass is 16.5. The van der Waals surface area contributed by atoms with E-state index in [1.54, 1.807) is 24.3 Å². The topological polar surface area (TPSA) is 145 Å². The second kappa shape index (κ2) is 9.82. The van der Waals surface area contributed by atoms with Crippen LogP contribution in [0.5, 0.6) is 11.5 Å². The molecular weight excluding hydrogens is 418 g/mol. The maximum absolute atomic E-state index is 13.1. The lowest BCUT2D eigenvalue weighted by molar-refractivity contribution is -0.140. The lowest BCUT2D eigenvalue weighted by Crippen LogP contribution is -2.49. The Kier molecular flexibility index (Phi) is 6.93. The minimum absolute atomic E-state index is 0.0207. The number of nitrogens with one attached hydrogen (secondary N) is 2. The molecule has 168 valence electrons. The van der Waals surface area contributed by atoms with Crippen molar-refractivity contribution in [2.24, 2.45) is 5.92 Å². The zero-order chi connectivity index (χ0) is 23.3. The molecule has 10 nitrogen and oxygen atoms in total. The fourth-order valence-corrected chi connectivity index (χ4v) is 3.48. The molecule has 0 aromatic heterocycles. The molecule has 32 heavy (non-hydrogen) atoms. The van der Waals surface area contributed by atoms with Gasteiger partial charge in [-0.1, -0.05) is 30.3 Å². The van der Waals surface area contributed by atoms with Gasteiger partial charge in [0.25, 0.3) is 0 Å². The van der Waals surface area contributed by atoms with Crippen LogP contribution in [-0.2, 0) is 20.8 Å². The van der Waals surface area contributed by atoms with E-state index in [2.05, 4.69) is 10.6 Å². The number of carboxylic acid groups (broad SMARTS) is 1. The average Bonchev–Trinajstić information content (AvgIpc) is 2.91. The van der Waals surface area contributed by atoms with Crippen LogP contribution in [0.3, 0.4) is 0 Å². The van der Waals surface area contributed by atoms with Gasteiger partial charge in [0.05, 0.1) is 13.0 Å². The van der Waals surface area contributed by atoms with E-state index in [1.807, 2.05) is 0 Å². The Morgan fingerprint density at radius 1 is 1.22 bits per heavy atom. The highest BCUT2D eigenvalue weighted by Crippen LogP contribution is 2.27. The summed E-state index contributed by atoms with van der Waals surface area (Å²) in [6.45, 7) is -0.569. The van der Waals surface area contributed by atoms with Crippen LogP contribution in [0.4, 0.5) is 4.79 Å². The average molecular weight is 441 g/mol. The number of carboxylic acids is 1. The first-order chi connectivity index (χ1) is 15.3. The quantitative estimate of drug-likeness (QED) is 0.524. The number of hydrogen-bond donors (Lipinski definition) is 4. The van der Waals surface area contributed by atoms with E-state index in [-0.39, 0.29) is 18.7 Å². The Balaban J connectivity index is 1.83. The minimum atomic E-state index is -1.40. The number of rotatable bonds is 6. The second-order valence-corrected chi connectivity index (χ2v) is 7.26. The monoisotopic (exact) mass is 441 g/mol. The van der Waals surface area contributed by atoms with Crippen molar-refractivity contribution in [2.45, 2.75) is 12.5 Å². The van der Waals surface area contributed by atoms with Gasteiger partial charge >= 0.3 is 12.0 Å². The number of carbonyl (C=O) groups is 4. The third kappa shape index (κ3) is 5.15. The normalized spacial score (nSPS) is 17.2. The molecule has 2 aromatic rings. The van der Waals surface area contributed by atoms with Crippen molar-refractivity contribution >= 4 is 23.8 Å². The third-order valence-corrected chi connectivity index (χ3v) is 5.09. The lowest BCUT2D eigenvalue weighted by atomic mass is 9.97. The van der Waals surface area contributed by atoms with E-state index in [4.69, 9.17) is 4.74 Å². The van der Waals surface area contributed by atoms with Gasteiger partial charge in [-0.3, -0.25) is 14.5 Å². The van der Waals surface area contributed by atoms with Gasteiger partial charge in [0.2, 0.25) is 11.8 Å². The largest absolute Gasteiger partial charge is 0.508 e. The standard InChI is InChI=1S/C22H23N3O7/c1-32-17-8-7-16(26)10-14(17)9-15-11-23-18(27)12-25(20(15)28)22(31)24-19(21(29)30)13-5-3-2-4-6-13/h2-8,10,15,19,26H,9,11-12H2,1H3,(H,23,27)(H,24,31)(H,29,30). The van der Waals surface area contributed by atoms with Crippen LogP contribution in [-0.4, -0.2) is 59.1 Å². The summed E-state index contributed by atoms with van der Waals surface area (Å²) in [7, 11) is 1.45. The molecule has 0 bridgehead atoms. The van der Waals surface area contributed by atoms with Gasteiger partial charge in [-0.05, 0) is 35.7 Å². The number of phenols is 1. The Morgan fingerprint density at radius 2 is 1.94 bits per heavy atom. The Morgan fingerprint density at radius 3 is 2.59 bits per heavy atom. The van der Waals surface area contributed by atoms with E-state index in [0.29, 0.717) is 21.8 Å². The van der Waals surface area contributed by atoms with E-state index in [9.17, 15) is 29.4 Å². The predicted molar refractivity (Wildman–Crippen MR) is 112 cm³/mol. The van der Waals surface area contributed by atoms with E-state index in [0.717, 1.165) is 0 Å². The number of amides is 4. The van der Waals surface area contributed by atoms with Crippen molar-refractivity contribution in [3.8, 4) is 11.5 Å². The number of hydrogen-bond acceptors (Lipinski definition) is 6. The molecule has 1 aliphatic rings. The molecular formula is C22H23N3O7. The van der Waals surface area contributed by atoms with Crippen LogP contribution in [0.25, 0.3) is 0 Å². The van der Waals surface area contributed by atoms with Crippen LogP contribution in [0.2, 0.25) is 0 Å². The van der Waals surface area contributed by atoms with Crippen molar-refractivity contribution in [3.63, 3.8) is 0 Å². The van der Waals surface area contributed by atoms with Crippen LogP contribution in [0, 0.1) is 5.92 Å². The van der Waals surface area contributed by atoms with E-state index < -0.39 is 42.3 Å². The van der Waals surface area contributed by atoms with Crippen LogP contribution < -0.4 is 15.4 Å². The van der Waals surface area contributed by atoms with Gasteiger partial charge in [0, 0.05) is 6.54 Å². The highest BCUT2D eigenvalue weighted by Gasteiger charge is 2.36. The van der Waals surface area contributed by atoms with Gasteiger partial charge in [0.15, 0.2) is 6.04 Å². The summed E-state index contributed by atoms with van der Waals surface area (Å²) in [6, 6.07) is 10.1. The number of benzene rings is 2. The molecule has 2 unspecified atom stereocenters. The molecule has 1 aliphatic heterocycles. The van der Waals surface area contributed by atoms with Crippen molar-refractivity contribution in [1.82, 2.24) is 15.5 Å². The van der Waals surface area contributed by atoms with Gasteiger partial charge < -0.3 is 25.6 Å². The zero-order valence-electron chi connectivity index (χ0n) is 17.3. The van der Waals surface area contributed by atoms with Crippen LogP contribution >= 0.6 is 0 Å². The molecule has 4 amide bonds. The molecule has 2 atom stereocenters. The van der Waals surface area contributed by atoms with Crippen LogP contribution in [0.15, 0.2) is 48.5 Å². The van der Waals surface area contributed by atoms with Crippen molar-refractivity contribution in [2.75, 3.05) is 20.2 Å². The van der Waals surface area contributed by atoms with Gasteiger partial charge in [-0.15, -0.1) is 0 Å². The first kappa shape index (κ1) is 22.6. The number of urea groups is 1. The summed E-state index contributed by atoms with van der Waals surface area (Å²) in [5.74, 6) is -2.92. The number of imide groups is 1. The predicted octanol–water partition coefficient (Wildman–Crippen LogP) is 1.05. The molecule has 10 heteroatoms. The van der Waals surface area contributed by atoms with Gasteiger partial charge in [-0.2, -0.15) is 0 Å². The number of ether oxygens (including phenoxy) is 1. The van der Waals surface area contributed by atoms with E-state index >= 15 is 0 Å². The van der Waals surface area contributed by atoms with Crippen molar-refractivity contribution in [1.29, 1.82) is 0 Å². The van der Waals surface area contributed by atoms with Crippen molar-refractivity contribution in [3.05, 3.63) is 59.7 Å². The number of nitrogens with zero attached hydrogens (tertiary/aromatic N) is 1. The maximum atomic E-state index is 13.1. The summed E-state index contributed by atoms with van der Waals surface area (Å²) in [4.78, 5) is 50.5. The molecule has 4 N–H and O–H groups in total. The Labute approximate surface area is 183 Å². The maximum Gasteiger partial charge on any atom is 0.330 e. The summed E-state index contributed by atoms with van der Waals surface area (Å²) in [6.07, 6.45) is 0.0848. The minimum Gasteiger partial charge on any atom is -0.508 e. The summed E-state index contributed by atoms with van der Waals surface area (Å²) in [5.41, 5.74) is 0.844. The number of aliphatic carboxylic acids is 1. The summed E-state index contributed by atoms with van der Waals surface area (Å²) >= 11 is 0. The smallest absolute Gasteiger partial charge is 0.330 e. The highest BCUT2D eigenvalue weighted by molar-refractivity contribution is 6.01. The molecule has 0 saturated carbocycles.